The van der Waals surface area contributed by atoms with Crippen molar-refractivity contribution in [3.63, 3.8) is 0 Å². The van der Waals surface area contributed by atoms with Gasteiger partial charge in [0.15, 0.2) is 0 Å². The summed E-state index contributed by atoms with van der Waals surface area (Å²) >= 11 is 0. The Morgan fingerprint density at radius 1 is 1.73 bits per heavy atom. The minimum absolute atomic E-state index is 0.0777. The molecule has 0 unspecified atom stereocenters. The molecule has 1 aliphatic rings. The molecule has 0 spiro atoms. The molecule has 0 aromatic carbocycles. The number of rotatable bonds is 2. The Morgan fingerprint density at radius 3 is 3.00 bits per heavy atom. The Morgan fingerprint density at radius 2 is 2.45 bits per heavy atom. The van der Waals surface area contributed by atoms with E-state index in [1.807, 2.05) is 6.08 Å². The van der Waals surface area contributed by atoms with Crippen molar-refractivity contribution in [3.8, 4) is 0 Å². The zero-order chi connectivity index (χ0) is 8.27. The van der Waals surface area contributed by atoms with Gasteiger partial charge in [-0.2, -0.15) is 0 Å². The van der Waals surface area contributed by atoms with E-state index in [1.54, 1.807) is 0 Å². The number of hydrogen-bond donors (Lipinski definition) is 1. The normalized spacial score (nSPS) is 33.6. The van der Waals surface area contributed by atoms with Gasteiger partial charge in [-0.15, -0.1) is 6.58 Å². The SMILES string of the molecule is C=CCN1CC[C@@H](O)C[C@@H]1C. The lowest BCUT2D eigenvalue weighted by Crippen LogP contribution is -2.42. The monoisotopic (exact) mass is 155 g/mol. The summed E-state index contributed by atoms with van der Waals surface area (Å²) in [5.41, 5.74) is 0. The molecule has 2 heteroatoms. The lowest BCUT2D eigenvalue weighted by Gasteiger charge is -2.34. The van der Waals surface area contributed by atoms with Crippen LogP contribution in [0, 0.1) is 0 Å². The lowest BCUT2D eigenvalue weighted by atomic mass is 10.0. The first-order chi connectivity index (χ1) is 5.24. The zero-order valence-electron chi connectivity index (χ0n) is 7.16. The predicted molar refractivity (Wildman–Crippen MR) is 46.5 cm³/mol. The van der Waals surface area contributed by atoms with Crippen molar-refractivity contribution in [2.45, 2.75) is 31.9 Å². The van der Waals surface area contributed by atoms with Gasteiger partial charge in [-0.1, -0.05) is 6.08 Å². The first-order valence-corrected chi connectivity index (χ1v) is 4.27. The largest absolute Gasteiger partial charge is 0.393 e. The first kappa shape index (κ1) is 8.75. The average molecular weight is 155 g/mol. The average Bonchev–Trinajstić information content (AvgIpc) is 1.95. The number of aliphatic hydroxyl groups is 1. The fourth-order valence-electron chi connectivity index (χ4n) is 1.63. The number of hydrogen-bond acceptors (Lipinski definition) is 2. The highest BCUT2D eigenvalue weighted by Crippen LogP contribution is 2.16. The molecular weight excluding hydrogens is 138 g/mol. The summed E-state index contributed by atoms with van der Waals surface area (Å²) < 4.78 is 0. The Labute approximate surface area is 68.5 Å². The van der Waals surface area contributed by atoms with Gasteiger partial charge in [-0.05, 0) is 19.8 Å². The van der Waals surface area contributed by atoms with Crippen molar-refractivity contribution in [2.24, 2.45) is 0 Å². The van der Waals surface area contributed by atoms with Gasteiger partial charge in [0, 0.05) is 19.1 Å². The highest BCUT2D eigenvalue weighted by atomic mass is 16.3. The first-order valence-electron chi connectivity index (χ1n) is 4.27. The third-order valence-corrected chi connectivity index (χ3v) is 2.35. The van der Waals surface area contributed by atoms with Crippen molar-refractivity contribution in [1.82, 2.24) is 4.90 Å². The quantitative estimate of drug-likeness (QED) is 0.602. The van der Waals surface area contributed by atoms with Crippen molar-refractivity contribution >= 4 is 0 Å². The maximum atomic E-state index is 9.31. The minimum Gasteiger partial charge on any atom is -0.393 e. The van der Waals surface area contributed by atoms with E-state index in [9.17, 15) is 5.11 Å². The highest BCUT2D eigenvalue weighted by molar-refractivity contribution is 4.83. The number of piperidine rings is 1. The van der Waals surface area contributed by atoms with Crippen LogP contribution in [0.1, 0.15) is 19.8 Å². The molecule has 0 aromatic heterocycles. The van der Waals surface area contributed by atoms with E-state index in [-0.39, 0.29) is 6.10 Å². The maximum Gasteiger partial charge on any atom is 0.0567 e. The number of nitrogens with zero attached hydrogens (tertiary/aromatic N) is 1. The molecule has 2 atom stereocenters. The summed E-state index contributed by atoms with van der Waals surface area (Å²) in [6, 6.07) is 0.511. The van der Waals surface area contributed by atoms with E-state index >= 15 is 0 Å². The third-order valence-electron chi connectivity index (χ3n) is 2.35. The molecule has 1 N–H and O–H groups in total. The van der Waals surface area contributed by atoms with Crippen LogP contribution in [0.3, 0.4) is 0 Å². The Balaban J connectivity index is 2.37. The molecule has 0 radical (unpaired) electrons. The molecule has 0 amide bonds. The zero-order valence-corrected chi connectivity index (χ0v) is 7.16. The molecule has 1 saturated heterocycles. The van der Waals surface area contributed by atoms with Crippen molar-refractivity contribution in [2.75, 3.05) is 13.1 Å². The van der Waals surface area contributed by atoms with Crippen LogP contribution in [0.4, 0.5) is 0 Å². The molecule has 2 nitrogen and oxygen atoms in total. The standard InChI is InChI=1S/C9H17NO/c1-3-5-10-6-4-9(11)7-8(10)2/h3,8-9,11H,1,4-7H2,2H3/t8-,9+/m0/s1. The van der Waals surface area contributed by atoms with Crippen molar-refractivity contribution in [3.05, 3.63) is 12.7 Å². The van der Waals surface area contributed by atoms with Gasteiger partial charge in [-0.25, -0.2) is 0 Å². The molecule has 11 heavy (non-hydrogen) atoms. The predicted octanol–water partition coefficient (Wildman–Crippen LogP) is 1.02. The van der Waals surface area contributed by atoms with Crippen LogP contribution in [-0.4, -0.2) is 35.2 Å². The Bertz CT molecular complexity index is 136. The van der Waals surface area contributed by atoms with E-state index in [2.05, 4.69) is 18.4 Å². The molecule has 0 aliphatic carbocycles. The Kier molecular flexibility index (Phi) is 3.09. The van der Waals surface area contributed by atoms with Crippen LogP contribution in [0.5, 0.6) is 0 Å². The molecule has 1 fully saturated rings. The van der Waals surface area contributed by atoms with Gasteiger partial charge in [0.2, 0.25) is 0 Å². The summed E-state index contributed by atoms with van der Waals surface area (Å²) in [6.45, 7) is 7.82. The Hall–Kier alpha value is -0.340. The summed E-state index contributed by atoms with van der Waals surface area (Å²) in [7, 11) is 0. The van der Waals surface area contributed by atoms with Crippen LogP contribution >= 0.6 is 0 Å². The summed E-state index contributed by atoms with van der Waals surface area (Å²) in [4.78, 5) is 2.35. The van der Waals surface area contributed by atoms with Gasteiger partial charge in [-0.3, -0.25) is 4.90 Å². The molecule has 0 saturated carbocycles. The second kappa shape index (κ2) is 3.88. The number of aliphatic hydroxyl groups excluding tert-OH is 1. The van der Waals surface area contributed by atoms with Gasteiger partial charge >= 0.3 is 0 Å². The van der Waals surface area contributed by atoms with Crippen molar-refractivity contribution < 1.29 is 5.11 Å². The van der Waals surface area contributed by atoms with E-state index in [0.717, 1.165) is 25.9 Å². The minimum atomic E-state index is -0.0777. The highest BCUT2D eigenvalue weighted by Gasteiger charge is 2.22. The molecule has 1 heterocycles. The van der Waals surface area contributed by atoms with Crippen molar-refractivity contribution in [1.29, 1.82) is 0 Å². The van der Waals surface area contributed by atoms with E-state index < -0.39 is 0 Å². The van der Waals surface area contributed by atoms with Gasteiger partial charge in [0.05, 0.1) is 6.10 Å². The van der Waals surface area contributed by atoms with Gasteiger partial charge < -0.3 is 5.11 Å². The van der Waals surface area contributed by atoms with E-state index in [1.165, 1.54) is 0 Å². The maximum absolute atomic E-state index is 9.31. The van der Waals surface area contributed by atoms with Crippen LogP contribution < -0.4 is 0 Å². The van der Waals surface area contributed by atoms with Crippen LogP contribution in [0.2, 0.25) is 0 Å². The number of likely N-dealkylation sites (tertiary alicyclic amines) is 1. The second-order valence-electron chi connectivity index (χ2n) is 3.31. The smallest absolute Gasteiger partial charge is 0.0567 e. The molecule has 1 rings (SSSR count). The molecule has 64 valence electrons. The topological polar surface area (TPSA) is 23.5 Å². The fraction of sp³-hybridized carbons (Fsp3) is 0.778. The molecule has 0 bridgehead atoms. The van der Waals surface area contributed by atoms with E-state index in [4.69, 9.17) is 0 Å². The lowest BCUT2D eigenvalue weighted by molar-refractivity contribution is 0.0547. The summed E-state index contributed by atoms with van der Waals surface area (Å²) in [6.07, 6.45) is 3.67. The van der Waals surface area contributed by atoms with Crippen LogP contribution in [-0.2, 0) is 0 Å². The van der Waals surface area contributed by atoms with E-state index in [0.29, 0.717) is 6.04 Å². The summed E-state index contributed by atoms with van der Waals surface area (Å²) in [5.74, 6) is 0. The molecule has 1 aliphatic heterocycles. The second-order valence-corrected chi connectivity index (χ2v) is 3.31. The fourth-order valence-corrected chi connectivity index (χ4v) is 1.63. The van der Waals surface area contributed by atoms with Gasteiger partial charge in [0.25, 0.3) is 0 Å². The van der Waals surface area contributed by atoms with Crippen LogP contribution in [0.25, 0.3) is 0 Å². The third kappa shape index (κ3) is 2.31. The summed E-state index contributed by atoms with van der Waals surface area (Å²) in [5, 5.41) is 9.31. The van der Waals surface area contributed by atoms with Crippen LogP contribution in [0.15, 0.2) is 12.7 Å². The molecule has 0 aromatic rings. The molecular formula is C9H17NO. The van der Waals surface area contributed by atoms with Gasteiger partial charge in [0.1, 0.15) is 0 Å².